The first-order valence-electron chi connectivity index (χ1n) is 9.57. The largest absolute Gasteiger partial charge is 0.377 e. The molecular weight excluding hydrogens is 272 g/mol. The van der Waals surface area contributed by atoms with Crippen LogP contribution < -0.4 is 0 Å². The second-order valence-corrected chi connectivity index (χ2v) is 8.75. The highest BCUT2D eigenvalue weighted by molar-refractivity contribution is 5.03. The van der Waals surface area contributed by atoms with Gasteiger partial charge in [0.1, 0.15) is 0 Å². The molecular formula is C19H36N2O. The molecule has 3 rings (SSSR count). The van der Waals surface area contributed by atoms with E-state index in [0.717, 1.165) is 31.0 Å². The van der Waals surface area contributed by atoms with Gasteiger partial charge >= 0.3 is 0 Å². The molecule has 0 aromatic heterocycles. The molecule has 0 bridgehead atoms. The molecule has 1 spiro atoms. The summed E-state index contributed by atoms with van der Waals surface area (Å²) in [7, 11) is 0. The zero-order valence-electron chi connectivity index (χ0n) is 15.2. The van der Waals surface area contributed by atoms with Crippen LogP contribution in [-0.4, -0.2) is 60.8 Å². The summed E-state index contributed by atoms with van der Waals surface area (Å²) in [5.74, 6) is 2.79. The third kappa shape index (κ3) is 3.37. The number of hydrogen-bond donors (Lipinski definition) is 0. The van der Waals surface area contributed by atoms with Crippen LogP contribution in [0.15, 0.2) is 0 Å². The van der Waals surface area contributed by atoms with Gasteiger partial charge in [-0.3, -0.25) is 9.80 Å². The molecule has 0 aromatic carbocycles. The topological polar surface area (TPSA) is 15.7 Å². The highest BCUT2D eigenvalue weighted by Crippen LogP contribution is 2.37. The quantitative estimate of drug-likeness (QED) is 0.793. The van der Waals surface area contributed by atoms with Gasteiger partial charge in [-0.25, -0.2) is 0 Å². The van der Waals surface area contributed by atoms with Crippen LogP contribution in [0.3, 0.4) is 0 Å². The number of hydrogen-bond acceptors (Lipinski definition) is 3. The van der Waals surface area contributed by atoms with Gasteiger partial charge in [0, 0.05) is 32.2 Å². The van der Waals surface area contributed by atoms with Gasteiger partial charge < -0.3 is 4.74 Å². The summed E-state index contributed by atoms with van der Waals surface area (Å²) in [6, 6.07) is 0.668. The van der Waals surface area contributed by atoms with Crippen molar-refractivity contribution >= 4 is 0 Å². The predicted molar refractivity (Wildman–Crippen MR) is 92.1 cm³/mol. The molecule has 1 saturated carbocycles. The van der Waals surface area contributed by atoms with Crippen molar-refractivity contribution < 1.29 is 4.74 Å². The predicted octanol–water partition coefficient (Wildman–Crippen LogP) is 3.24. The van der Waals surface area contributed by atoms with Gasteiger partial charge in [-0.05, 0) is 57.3 Å². The summed E-state index contributed by atoms with van der Waals surface area (Å²) in [6.07, 6.45) is 5.81. The van der Waals surface area contributed by atoms with E-state index >= 15 is 0 Å². The van der Waals surface area contributed by atoms with E-state index in [1.54, 1.807) is 0 Å². The summed E-state index contributed by atoms with van der Waals surface area (Å²) in [5, 5.41) is 0. The van der Waals surface area contributed by atoms with Crippen LogP contribution in [0.2, 0.25) is 0 Å². The summed E-state index contributed by atoms with van der Waals surface area (Å²) in [5.41, 5.74) is 0.345. The highest BCUT2D eigenvalue weighted by Gasteiger charge is 2.48. The van der Waals surface area contributed by atoms with E-state index in [9.17, 15) is 0 Å². The van der Waals surface area contributed by atoms with Gasteiger partial charge in [-0.15, -0.1) is 0 Å². The zero-order valence-corrected chi connectivity index (χ0v) is 15.2. The first-order chi connectivity index (χ1) is 10.5. The molecule has 0 aromatic rings. The van der Waals surface area contributed by atoms with Crippen LogP contribution in [0.5, 0.6) is 0 Å². The van der Waals surface area contributed by atoms with Crippen molar-refractivity contribution in [2.45, 2.75) is 65.0 Å². The first kappa shape index (κ1) is 16.7. The highest BCUT2D eigenvalue weighted by atomic mass is 16.5. The Labute approximate surface area is 137 Å². The minimum absolute atomic E-state index is 0.345. The molecule has 0 radical (unpaired) electrons. The Balaban J connectivity index is 1.54. The Kier molecular flexibility index (Phi) is 5.16. The Morgan fingerprint density at radius 3 is 2.18 bits per heavy atom. The van der Waals surface area contributed by atoms with Crippen LogP contribution in [0, 0.1) is 17.8 Å². The zero-order chi connectivity index (χ0) is 15.7. The standard InChI is InChI=1S/C19H36N2O/c1-15(2)18-7-5-17(6-8-18)11-21-10-9-20(16(3)4)12-19(21)13-22-14-19/h15-18H,5-14H2,1-4H3. The molecule has 2 saturated heterocycles. The molecule has 3 nitrogen and oxygen atoms in total. The Morgan fingerprint density at radius 1 is 1.00 bits per heavy atom. The fraction of sp³-hybridized carbons (Fsp3) is 1.00. The third-order valence-electron chi connectivity index (χ3n) is 6.61. The van der Waals surface area contributed by atoms with Crippen LogP contribution in [-0.2, 0) is 4.74 Å². The number of nitrogens with zero attached hydrogens (tertiary/aromatic N) is 2. The fourth-order valence-corrected chi connectivity index (χ4v) is 4.73. The van der Waals surface area contributed by atoms with Gasteiger partial charge in [-0.1, -0.05) is 13.8 Å². The summed E-state index contributed by atoms with van der Waals surface area (Å²) < 4.78 is 5.64. The van der Waals surface area contributed by atoms with E-state index < -0.39 is 0 Å². The molecule has 0 atom stereocenters. The molecule has 0 amide bonds. The smallest absolute Gasteiger partial charge is 0.0807 e. The van der Waals surface area contributed by atoms with E-state index in [0.29, 0.717) is 11.6 Å². The molecule has 0 N–H and O–H groups in total. The summed E-state index contributed by atoms with van der Waals surface area (Å²) >= 11 is 0. The average molecular weight is 309 g/mol. The van der Waals surface area contributed by atoms with Crippen molar-refractivity contribution in [1.29, 1.82) is 0 Å². The molecule has 22 heavy (non-hydrogen) atoms. The van der Waals surface area contributed by atoms with Crippen molar-refractivity contribution in [2.24, 2.45) is 17.8 Å². The van der Waals surface area contributed by atoms with E-state index in [1.807, 2.05) is 0 Å². The number of piperazine rings is 1. The van der Waals surface area contributed by atoms with E-state index in [-0.39, 0.29) is 0 Å². The lowest BCUT2D eigenvalue weighted by molar-refractivity contribution is -0.176. The van der Waals surface area contributed by atoms with E-state index in [2.05, 4.69) is 37.5 Å². The molecule has 3 fully saturated rings. The lowest BCUT2D eigenvalue weighted by Gasteiger charge is -2.57. The van der Waals surface area contributed by atoms with Gasteiger partial charge in [0.2, 0.25) is 0 Å². The van der Waals surface area contributed by atoms with Crippen LogP contribution in [0.25, 0.3) is 0 Å². The van der Waals surface area contributed by atoms with Gasteiger partial charge in [0.15, 0.2) is 0 Å². The fourth-order valence-electron chi connectivity index (χ4n) is 4.73. The van der Waals surface area contributed by atoms with Crippen molar-refractivity contribution in [3.8, 4) is 0 Å². The molecule has 2 heterocycles. The van der Waals surface area contributed by atoms with Gasteiger partial charge in [0.25, 0.3) is 0 Å². The van der Waals surface area contributed by atoms with Crippen molar-refractivity contribution in [3.05, 3.63) is 0 Å². The van der Waals surface area contributed by atoms with Crippen molar-refractivity contribution in [1.82, 2.24) is 9.80 Å². The molecule has 0 unspecified atom stereocenters. The Hall–Kier alpha value is -0.120. The Morgan fingerprint density at radius 2 is 1.68 bits per heavy atom. The minimum atomic E-state index is 0.345. The first-order valence-corrected chi connectivity index (χ1v) is 9.57. The maximum absolute atomic E-state index is 5.64. The van der Waals surface area contributed by atoms with E-state index in [1.165, 1.54) is 51.9 Å². The lowest BCUT2D eigenvalue weighted by Crippen LogP contribution is -2.72. The number of ether oxygens (including phenoxy) is 1. The second kappa shape index (κ2) is 6.78. The minimum Gasteiger partial charge on any atom is -0.377 e. The molecule has 2 aliphatic heterocycles. The molecule has 3 heteroatoms. The van der Waals surface area contributed by atoms with Crippen LogP contribution in [0.4, 0.5) is 0 Å². The molecule has 1 aliphatic carbocycles. The average Bonchev–Trinajstić information content (AvgIpc) is 2.46. The van der Waals surface area contributed by atoms with Crippen molar-refractivity contribution in [2.75, 3.05) is 39.4 Å². The monoisotopic (exact) mass is 308 g/mol. The summed E-state index contributed by atoms with van der Waals surface area (Å²) in [4.78, 5) is 5.45. The van der Waals surface area contributed by atoms with Crippen LogP contribution >= 0.6 is 0 Å². The van der Waals surface area contributed by atoms with Crippen LogP contribution in [0.1, 0.15) is 53.4 Å². The maximum atomic E-state index is 5.64. The van der Waals surface area contributed by atoms with Gasteiger partial charge in [-0.2, -0.15) is 0 Å². The van der Waals surface area contributed by atoms with E-state index in [4.69, 9.17) is 4.74 Å². The second-order valence-electron chi connectivity index (χ2n) is 8.75. The molecule has 3 aliphatic rings. The molecule has 128 valence electrons. The van der Waals surface area contributed by atoms with Gasteiger partial charge in [0.05, 0.1) is 18.8 Å². The normalized spacial score (nSPS) is 33.5. The lowest BCUT2D eigenvalue weighted by atomic mass is 9.76. The van der Waals surface area contributed by atoms with Crippen molar-refractivity contribution in [3.63, 3.8) is 0 Å². The summed E-state index contributed by atoms with van der Waals surface area (Å²) in [6.45, 7) is 16.4. The third-order valence-corrected chi connectivity index (χ3v) is 6.61. The Bertz CT molecular complexity index is 356. The number of rotatable bonds is 4. The SMILES string of the molecule is CC(C)C1CCC(CN2CCN(C(C)C)CC23COC3)CC1. The maximum Gasteiger partial charge on any atom is 0.0807 e.